The molecule has 2 aliphatic rings. The second-order valence-corrected chi connectivity index (χ2v) is 9.77. The topological polar surface area (TPSA) is 60.9 Å². The van der Waals surface area contributed by atoms with E-state index in [-0.39, 0.29) is 29.9 Å². The molecule has 0 aliphatic carbocycles. The largest absolute Gasteiger partial charge is 0.341 e. The highest BCUT2D eigenvalue weighted by molar-refractivity contribution is 7.89. The standard InChI is InChI=1S/C19H27F2N3O3S/c1-14(2)5-7-23-8-6-18(19(23)25)22-9-11-24(12-10-22)28(26,27)15-3-4-16(20)17(21)13-15/h3-4,13-14,18H,5-12H2,1-2H3. The van der Waals surface area contributed by atoms with Crippen molar-refractivity contribution in [3.8, 4) is 0 Å². The number of amides is 1. The molecule has 2 fully saturated rings. The number of hydrogen-bond donors (Lipinski definition) is 0. The van der Waals surface area contributed by atoms with Crippen LogP contribution in [0.15, 0.2) is 23.1 Å². The third-order valence-corrected chi connectivity index (χ3v) is 7.38. The number of piperazine rings is 1. The van der Waals surface area contributed by atoms with Crippen molar-refractivity contribution < 1.29 is 22.0 Å². The second-order valence-electron chi connectivity index (χ2n) is 7.83. The molecular weight excluding hydrogens is 388 g/mol. The summed E-state index contributed by atoms with van der Waals surface area (Å²) >= 11 is 0. The van der Waals surface area contributed by atoms with Gasteiger partial charge in [-0.1, -0.05) is 13.8 Å². The van der Waals surface area contributed by atoms with Crippen molar-refractivity contribution in [2.75, 3.05) is 39.3 Å². The predicted molar refractivity (Wildman–Crippen MR) is 101 cm³/mol. The van der Waals surface area contributed by atoms with E-state index in [1.807, 2.05) is 9.80 Å². The summed E-state index contributed by atoms with van der Waals surface area (Å²) in [7, 11) is -3.89. The molecule has 2 aliphatic heterocycles. The predicted octanol–water partition coefficient (Wildman–Crippen LogP) is 1.92. The molecule has 1 aromatic carbocycles. The number of likely N-dealkylation sites (tertiary alicyclic amines) is 1. The van der Waals surface area contributed by atoms with Crippen LogP contribution in [-0.2, 0) is 14.8 Å². The number of sulfonamides is 1. The lowest BCUT2D eigenvalue weighted by molar-refractivity contribution is -0.132. The summed E-state index contributed by atoms with van der Waals surface area (Å²) in [5, 5.41) is 0. The molecule has 0 bridgehead atoms. The minimum absolute atomic E-state index is 0.123. The Bertz CT molecular complexity index is 824. The first-order valence-electron chi connectivity index (χ1n) is 9.68. The normalized spacial score (nSPS) is 22.4. The van der Waals surface area contributed by atoms with Crippen LogP contribution in [0.25, 0.3) is 0 Å². The number of carbonyl (C=O) groups is 1. The summed E-state index contributed by atoms with van der Waals surface area (Å²) in [4.78, 5) is 16.3. The molecule has 1 amide bonds. The summed E-state index contributed by atoms with van der Waals surface area (Å²) in [6.07, 6.45) is 1.73. The first-order valence-corrected chi connectivity index (χ1v) is 11.1. The van der Waals surface area contributed by atoms with Gasteiger partial charge in [0.2, 0.25) is 15.9 Å². The van der Waals surface area contributed by atoms with E-state index >= 15 is 0 Å². The molecule has 1 atom stereocenters. The third-order valence-electron chi connectivity index (χ3n) is 5.49. The molecule has 0 N–H and O–H groups in total. The van der Waals surface area contributed by atoms with Gasteiger partial charge in [0.1, 0.15) is 0 Å². The van der Waals surface area contributed by atoms with E-state index in [1.165, 1.54) is 4.31 Å². The number of benzene rings is 1. The maximum absolute atomic E-state index is 13.4. The zero-order chi connectivity index (χ0) is 20.5. The van der Waals surface area contributed by atoms with E-state index < -0.39 is 21.7 Å². The molecule has 2 heterocycles. The van der Waals surface area contributed by atoms with Crippen LogP contribution in [0.4, 0.5) is 8.78 Å². The van der Waals surface area contributed by atoms with Gasteiger partial charge in [-0.25, -0.2) is 17.2 Å². The lowest BCUT2D eigenvalue weighted by atomic mass is 10.1. The fraction of sp³-hybridized carbons (Fsp3) is 0.632. The molecule has 0 saturated carbocycles. The Kier molecular flexibility index (Phi) is 6.36. The van der Waals surface area contributed by atoms with Crippen molar-refractivity contribution >= 4 is 15.9 Å². The summed E-state index contributed by atoms with van der Waals surface area (Å²) < 4.78 is 53.2. The Morgan fingerprint density at radius 2 is 1.75 bits per heavy atom. The van der Waals surface area contributed by atoms with E-state index in [9.17, 15) is 22.0 Å². The SMILES string of the molecule is CC(C)CCN1CCC(N2CCN(S(=O)(=O)c3ccc(F)c(F)c3)CC2)C1=O. The average Bonchev–Trinajstić information content (AvgIpc) is 3.02. The zero-order valence-electron chi connectivity index (χ0n) is 16.3. The molecule has 0 spiro atoms. The van der Waals surface area contributed by atoms with Crippen LogP contribution in [0.1, 0.15) is 26.7 Å². The van der Waals surface area contributed by atoms with Crippen molar-refractivity contribution in [1.82, 2.24) is 14.1 Å². The number of halogens is 2. The fourth-order valence-corrected chi connectivity index (χ4v) is 5.17. The minimum atomic E-state index is -3.89. The van der Waals surface area contributed by atoms with E-state index in [2.05, 4.69) is 13.8 Å². The van der Waals surface area contributed by atoms with E-state index in [0.29, 0.717) is 25.1 Å². The lowest BCUT2D eigenvalue weighted by Gasteiger charge is -2.36. The van der Waals surface area contributed by atoms with Gasteiger partial charge in [0, 0.05) is 39.3 Å². The molecule has 1 aromatic rings. The fourth-order valence-electron chi connectivity index (χ4n) is 3.74. The Morgan fingerprint density at radius 1 is 1.07 bits per heavy atom. The van der Waals surface area contributed by atoms with Crippen molar-refractivity contribution in [1.29, 1.82) is 0 Å². The van der Waals surface area contributed by atoms with Crippen LogP contribution in [0.5, 0.6) is 0 Å². The van der Waals surface area contributed by atoms with E-state index in [0.717, 1.165) is 38.1 Å². The second kappa shape index (κ2) is 8.42. The Morgan fingerprint density at radius 3 is 2.36 bits per heavy atom. The lowest BCUT2D eigenvalue weighted by Crippen LogP contribution is -2.53. The first kappa shape index (κ1) is 21.1. The van der Waals surface area contributed by atoms with Gasteiger partial charge in [0.05, 0.1) is 10.9 Å². The molecule has 0 radical (unpaired) electrons. The van der Waals surface area contributed by atoms with E-state index in [1.54, 1.807) is 0 Å². The number of carbonyl (C=O) groups excluding carboxylic acids is 1. The molecule has 156 valence electrons. The van der Waals surface area contributed by atoms with Gasteiger partial charge in [-0.2, -0.15) is 4.31 Å². The smallest absolute Gasteiger partial charge is 0.243 e. The Hall–Kier alpha value is -1.58. The van der Waals surface area contributed by atoms with Crippen LogP contribution in [0.3, 0.4) is 0 Å². The highest BCUT2D eigenvalue weighted by atomic mass is 32.2. The molecule has 1 unspecified atom stereocenters. The first-order chi connectivity index (χ1) is 13.2. The van der Waals surface area contributed by atoms with Crippen molar-refractivity contribution in [2.45, 2.75) is 37.6 Å². The van der Waals surface area contributed by atoms with Crippen LogP contribution in [0, 0.1) is 17.6 Å². The Labute approximate surface area is 165 Å². The summed E-state index contributed by atoms with van der Waals surface area (Å²) in [6, 6.07) is 2.42. The van der Waals surface area contributed by atoms with Gasteiger partial charge in [-0.05, 0) is 37.0 Å². The quantitative estimate of drug-likeness (QED) is 0.712. The zero-order valence-corrected chi connectivity index (χ0v) is 17.1. The van der Waals surface area contributed by atoms with E-state index in [4.69, 9.17) is 0 Å². The molecule has 0 aromatic heterocycles. The summed E-state index contributed by atoms with van der Waals surface area (Å²) in [5.74, 6) is -1.60. The van der Waals surface area contributed by atoms with Gasteiger partial charge in [-0.3, -0.25) is 9.69 Å². The summed E-state index contributed by atoms with van der Waals surface area (Å²) in [6.45, 7) is 7.08. The van der Waals surface area contributed by atoms with Crippen molar-refractivity contribution in [2.24, 2.45) is 5.92 Å². The van der Waals surface area contributed by atoms with Gasteiger partial charge >= 0.3 is 0 Å². The molecule has 2 saturated heterocycles. The van der Waals surface area contributed by atoms with Gasteiger partial charge < -0.3 is 4.90 Å². The van der Waals surface area contributed by atoms with Gasteiger partial charge in [0.15, 0.2) is 11.6 Å². The molecule has 3 rings (SSSR count). The molecule has 9 heteroatoms. The highest BCUT2D eigenvalue weighted by Gasteiger charge is 2.38. The average molecular weight is 416 g/mol. The number of hydrogen-bond acceptors (Lipinski definition) is 4. The molecular formula is C19H27F2N3O3S. The summed E-state index contributed by atoms with van der Waals surface area (Å²) in [5.41, 5.74) is 0. The highest BCUT2D eigenvalue weighted by Crippen LogP contribution is 2.23. The molecule has 6 nitrogen and oxygen atoms in total. The van der Waals surface area contributed by atoms with Crippen LogP contribution >= 0.6 is 0 Å². The van der Waals surface area contributed by atoms with Gasteiger partial charge in [0.25, 0.3) is 0 Å². The monoisotopic (exact) mass is 415 g/mol. The molecule has 28 heavy (non-hydrogen) atoms. The van der Waals surface area contributed by atoms with Crippen molar-refractivity contribution in [3.05, 3.63) is 29.8 Å². The van der Waals surface area contributed by atoms with Crippen LogP contribution in [-0.4, -0.2) is 73.7 Å². The van der Waals surface area contributed by atoms with Gasteiger partial charge in [-0.15, -0.1) is 0 Å². The van der Waals surface area contributed by atoms with Crippen molar-refractivity contribution in [3.63, 3.8) is 0 Å². The van der Waals surface area contributed by atoms with Crippen LogP contribution in [0.2, 0.25) is 0 Å². The number of rotatable bonds is 6. The minimum Gasteiger partial charge on any atom is -0.341 e. The maximum Gasteiger partial charge on any atom is 0.243 e. The Balaban J connectivity index is 1.60. The maximum atomic E-state index is 13.4. The third kappa shape index (κ3) is 4.36. The van der Waals surface area contributed by atoms with Crippen LogP contribution < -0.4 is 0 Å². The number of nitrogens with zero attached hydrogens (tertiary/aromatic N) is 3.